The number of nitrogens with zero attached hydrogens (tertiary/aromatic N) is 9. The Labute approximate surface area is 577 Å². The monoisotopic (exact) mass is 1370 g/mol. The molecule has 2 atom stereocenters. The van der Waals surface area contributed by atoms with E-state index in [4.69, 9.17) is 45.5 Å². The number of nitrogens with one attached hydrogen (secondary N) is 1. The molecule has 0 radical (unpaired) electrons. The molecular formula is C75H99ClF2N10O8Si. The molecule has 12 rings (SSSR count). The molecule has 5 aromatic rings. The Morgan fingerprint density at radius 2 is 1.51 bits per heavy atom. The van der Waals surface area contributed by atoms with Gasteiger partial charge in [-0.25, -0.2) is 18.4 Å². The number of fused-ring (bicyclic) bond motifs is 4. The van der Waals surface area contributed by atoms with Gasteiger partial charge in [0.15, 0.2) is 12.6 Å². The number of anilines is 2. The predicted octanol–water partition coefficient (Wildman–Crippen LogP) is 14.4. The van der Waals surface area contributed by atoms with Gasteiger partial charge in [0.1, 0.15) is 42.3 Å². The molecule has 7 heterocycles. The third-order valence-electron chi connectivity index (χ3n) is 22.6. The van der Waals surface area contributed by atoms with E-state index in [1.54, 1.807) is 42.6 Å². The molecule has 3 aromatic carbocycles. The van der Waals surface area contributed by atoms with Crippen LogP contribution in [0.1, 0.15) is 168 Å². The van der Waals surface area contributed by atoms with Crippen molar-refractivity contribution in [2.24, 2.45) is 16.7 Å². The first-order chi connectivity index (χ1) is 46.4. The second-order valence-corrected chi connectivity index (χ2v) is 36.9. The van der Waals surface area contributed by atoms with Gasteiger partial charge in [0.05, 0.1) is 40.4 Å². The Morgan fingerprint density at radius 3 is 2.15 bits per heavy atom. The zero-order valence-corrected chi connectivity index (χ0v) is 60.4. The van der Waals surface area contributed by atoms with E-state index < -0.39 is 31.3 Å². The van der Waals surface area contributed by atoms with Crippen LogP contribution in [0.4, 0.5) is 29.9 Å². The fraction of sp³-hybridized carbons (Fsp3) is 0.613. The highest BCUT2D eigenvalue weighted by Crippen LogP contribution is 2.50. The summed E-state index contributed by atoms with van der Waals surface area (Å²) in [6.07, 6.45) is 15.6. The molecule has 5 amide bonds. The largest absolute Gasteiger partial charge is 0.468 e. The summed E-state index contributed by atoms with van der Waals surface area (Å²) in [5, 5.41) is 4.14. The van der Waals surface area contributed by atoms with Crippen LogP contribution in [-0.4, -0.2) is 177 Å². The molecule has 1 spiro atoms. The van der Waals surface area contributed by atoms with Gasteiger partial charge in [-0.1, -0.05) is 78.0 Å². The van der Waals surface area contributed by atoms with E-state index >= 15 is 8.78 Å². The number of piperazine rings is 2. The lowest BCUT2D eigenvalue weighted by Gasteiger charge is -2.46. The number of likely N-dealkylation sites (tertiary alicyclic amines) is 1. The number of carbonyl (C=O) groups is 4. The fourth-order valence-electron chi connectivity index (χ4n) is 17.0. The Morgan fingerprint density at radius 1 is 0.814 bits per heavy atom. The maximum atomic E-state index is 18.3. The molecule has 97 heavy (non-hydrogen) atoms. The van der Waals surface area contributed by atoms with E-state index in [9.17, 15) is 19.2 Å². The van der Waals surface area contributed by atoms with Crippen molar-refractivity contribution in [3.8, 4) is 34.5 Å². The molecule has 2 bridgehead atoms. The second-order valence-electron chi connectivity index (χ2n) is 30.9. The predicted molar refractivity (Wildman–Crippen MR) is 378 cm³/mol. The first-order valence-electron chi connectivity index (χ1n) is 35.7. The van der Waals surface area contributed by atoms with Crippen LogP contribution >= 0.6 is 11.6 Å². The van der Waals surface area contributed by atoms with Gasteiger partial charge in [-0.3, -0.25) is 29.7 Å². The number of benzene rings is 3. The number of carbonyl (C=O) groups excluding carboxylic acids is 4. The van der Waals surface area contributed by atoms with Gasteiger partial charge >= 0.3 is 18.1 Å². The van der Waals surface area contributed by atoms with Gasteiger partial charge in [-0.2, -0.15) is 9.97 Å². The van der Waals surface area contributed by atoms with E-state index in [1.807, 2.05) is 30.6 Å². The average Bonchev–Trinajstić information content (AvgIpc) is 1.13. The highest BCUT2D eigenvalue weighted by Gasteiger charge is 2.48. The molecule has 5 aliphatic heterocycles. The molecule has 522 valence electrons. The van der Waals surface area contributed by atoms with E-state index in [2.05, 4.69) is 73.0 Å². The van der Waals surface area contributed by atoms with Crippen LogP contribution in [0.25, 0.3) is 32.9 Å². The number of imide groups is 1. The first kappa shape index (κ1) is 70.2. The van der Waals surface area contributed by atoms with Crippen LogP contribution in [0.15, 0.2) is 48.7 Å². The van der Waals surface area contributed by atoms with Crippen molar-refractivity contribution in [1.29, 1.82) is 0 Å². The lowest BCUT2D eigenvalue weighted by Crippen LogP contribution is -2.57. The van der Waals surface area contributed by atoms with Crippen LogP contribution < -0.4 is 24.6 Å². The number of pyridine rings is 1. The Bertz CT molecular complexity index is 3790. The second kappa shape index (κ2) is 28.9. The molecule has 7 aliphatic rings. The van der Waals surface area contributed by atoms with Crippen molar-refractivity contribution in [2.45, 2.75) is 187 Å². The summed E-state index contributed by atoms with van der Waals surface area (Å²) in [4.78, 5) is 79.3. The van der Waals surface area contributed by atoms with Gasteiger partial charge in [0.25, 0.3) is 5.91 Å². The maximum absolute atomic E-state index is 18.3. The van der Waals surface area contributed by atoms with Crippen LogP contribution in [0, 0.1) is 39.8 Å². The minimum atomic E-state index is -2.36. The fourth-order valence-corrected chi connectivity index (χ4v) is 22.4. The van der Waals surface area contributed by atoms with Crippen molar-refractivity contribution >= 4 is 76.8 Å². The van der Waals surface area contributed by atoms with Crippen LogP contribution in [0.3, 0.4) is 0 Å². The number of piperidine rings is 1. The smallest absolute Gasteiger partial charge is 0.410 e. The molecule has 2 saturated carbocycles. The highest BCUT2D eigenvalue weighted by molar-refractivity contribution is 6.90. The normalized spacial score (nSPS) is 20.9. The number of ether oxygens (including phenoxy) is 4. The Balaban J connectivity index is 0.692. The zero-order chi connectivity index (χ0) is 68.7. The number of methoxy groups -OCH3 is 1. The number of aromatic nitrogens is 3. The minimum absolute atomic E-state index is 0.0237. The third-order valence-corrected chi connectivity index (χ3v) is 29.2. The van der Waals surface area contributed by atoms with E-state index in [0.717, 1.165) is 96.8 Å². The number of urea groups is 1. The average molecular weight is 1370 g/mol. The lowest BCUT2D eigenvalue weighted by molar-refractivity contribution is -0.120. The van der Waals surface area contributed by atoms with E-state index in [0.29, 0.717) is 91.3 Å². The maximum Gasteiger partial charge on any atom is 0.410 e. The van der Waals surface area contributed by atoms with Crippen LogP contribution in [0.2, 0.25) is 21.6 Å². The van der Waals surface area contributed by atoms with Gasteiger partial charge in [-0.05, 0) is 168 Å². The SMILES string of the molecule is COCOc1cc(-c2ncc3c(N4CC5CCC(C4)N5C(=O)OC(C)(C)C)nc(OCC4(CN5CCN(CCCCC6CCC7(CC6)CCN(C(=O)c6ccc(Cl)c(N8CCC(=O)NC8=O)c6)CC7)CC5)CC4)nc3c2F)c2c(C#C[Si](C(C)C)(C(C)C)C(C)C)c(F)ccc2c1. The summed E-state index contributed by atoms with van der Waals surface area (Å²) < 4.78 is 58.9. The summed E-state index contributed by atoms with van der Waals surface area (Å²) in [6, 6.07) is 10.9. The number of hydrogen-bond donors (Lipinski definition) is 1. The summed E-state index contributed by atoms with van der Waals surface area (Å²) in [5.41, 5.74) is 5.56. The van der Waals surface area contributed by atoms with Crippen molar-refractivity contribution in [1.82, 2.24) is 39.9 Å². The van der Waals surface area contributed by atoms with Gasteiger partial charge in [0.2, 0.25) is 5.91 Å². The van der Waals surface area contributed by atoms with Crippen LogP contribution in [-0.2, 0) is 14.3 Å². The molecule has 7 fully saturated rings. The quantitative estimate of drug-likeness (QED) is 0.0337. The third kappa shape index (κ3) is 15.1. The van der Waals surface area contributed by atoms with Gasteiger partial charge < -0.3 is 38.5 Å². The number of halogens is 3. The Hall–Kier alpha value is -6.70. The Kier molecular flexibility index (Phi) is 20.9. The first-order valence-corrected chi connectivity index (χ1v) is 38.3. The van der Waals surface area contributed by atoms with Gasteiger partial charge in [0, 0.05) is 107 Å². The molecule has 2 aromatic heterocycles. The van der Waals surface area contributed by atoms with Crippen molar-refractivity contribution in [3.63, 3.8) is 0 Å². The number of hydrogen-bond acceptors (Lipinski definition) is 14. The zero-order valence-electron chi connectivity index (χ0n) is 58.6. The van der Waals surface area contributed by atoms with E-state index in [-0.39, 0.29) is 77.9 Å². The molecule has 18 nitrogen and oxygen atoms in total. The molecule has 22 heteroatoms. The topological polar surface area (TPSA) is 175 Å². The van der Waals surface area contributed by atoms with Gasteiger partial charge in [-0.15, -0.1) is 5.54 Å². The standard InChI is InChI=1S/C75H99ClF2N10O8Si/c1-48(2)97(49(3)4,50(5)6)38-23-57-61(77)19-15-52-39-56(95-47-93-10)41-58(64(52)57)66-65(78)67-59(42-79-66)68(86-43-54-16-17-55(44-86)88(54)72(92)96-73(7,8)9)82-70(81-67)94-46-75(26-27-75)45-84-36-34-83(35-37-84)30-12-11-13-51-20-24-74(25-21-51)28-32-85(33-29-74)69(90)53-14-18-60(76)62(40-53)87-31-22-63(89)80-71(87)91/h14-15,18-19,39-42,48-51,54-55H,11-13,16-17,20-22,24-37,43-47H2,1-10H3,(H,80,89,91). The minimum Gasteiger partial charge on any atom is -0.468 e. The summed E-state index contributed by atoms with van der Waals surface area (Å²) >= 11 is 6.49. The molecule has 2 aliphatic carbocycles. The van der Waals surface area contributed by atoms with Crippen LogP contribution in [0.5, 0.6) is 11.8 Å². The number of amides is 5. The molecule has 1 N–H and O–H groups in total. The summed E-state index contributed by atoms with van der Waals surface area (Å²) in [6.45, 7) is 27.8. The van der Waals surface area contributed by atoms with Crippen molar-refractivity contribution < 1.29 is 46.9 Å². The van der Waals surface area contributed by atoms with Crippen molar-refractivity contribution in [2.75, 3.05) is 102 Å². The summed E-state index contributed by atoms with van der Waals surface area (Å²) in [7, 11) is -0.826. The number of rotatable bonds is 20. The molecule has 2 unspecified atom stereocenters. The molecule has 5 saturated heterocycles. The van der Waals surface area contributed by atoms with E-state index in [1.165, 1.54) is 63.0 Å². The molecular weight excluding hydrogens is 1270 g/mol. The number of unbranched alkanes of at least 4 members (excludes halogenated alkanes) is 1. The lowest BCUT2D eigenvalue weighted by atomic mass is 9.65. The van der Waals surface area contributed by atoms with Crippen molar-refractivity contribution in [3.05, 3.63) is 76.4 Å². The summed E-state index contributed by atoms with van der Waals surface area (Å²) in [5.74, 6) is 3.42. The highest BCUT2D eigenvalue weighted by atomic mass is 35.5.